The number of hydrogen-bond acceptors (Lipinski definition) is 4. The lowest BCUT2D eigenvalue weighted by Crippen LogP contribution is -2.43. The Hall–Kier alpha value is -0.260. The summed E-state index contributed by atoms with van der Waals surface area (Å²) in [7, 11) is 0. The SMILES string of the molecule is CSCC[C@H](N)C(=O)N1CCC(CN2CCCC2)C1. The quantitative estimate of drug-likeness (QED) is 0.791. The Morgan fingerprint density at radius 3 is 2.79 bits per heavy atom. The third-order valence-electron chi connectivity index (χ3n) is 4.26. The van der Waals surface area contributed by atoms with Crippen molar-refractivity contribution >= 4 is 17.7 Å². The second-order valence-corrected chi connectivity index (χ2v) is 6.82. The van der Waals surface area contributed by atoms with E-state index in [4.69, 9.17) is 5.73 Å². The Morgan fingerprint density at radius 1 is 1.37 bits per heavy atom. The van der Waals surface area contributed by atoms with Crippen molar-refractivity contribution in [1.82, 2.24) is 9.80 Å². The summed E-state index contributed by atoms with van der Waals surface area (Å²) in [6.07, 6.45) is 6.69. The van der Waals surface area contributed by atoms with Gasteiger partial charge in [-0.15, -0.1) is 0 Å². The molecule has 2 saturated heterocycles. The minimum Gasteiger partial charge on any atom is -0.341 e. The van der Waals surface area contributed by atoms with Gasteiger partial charge < -0.3 is 15.5 Å². The van der Waals surface area contributed by atoms with Gasteiger partial charge in [0.2, 0.25) is 5.91 Å². The molecule has 2 heterocycles. The van der Waals surface area contributed by atoms with Gasteiger partial charge in [0.05, 0.1) is 6.04 Å². The Labute approximate surface area is 121 Å². The van der Waals surface area contributed by atoms with Crippen molar-refractivity contribution in [3.8, 4) is 0 Å². The fourth-order valence-corrected chi connectivity index (χ4v) is 3.60. The average molecular weight is 285 g/mol. The fraction of sp³-hybridized carbons (Fsp3) is 0.929. The molecule has 2 aliphatic rings. The van der Waals surface area contributed by atoms with E-state index in [9.17, 15) is 4.79 Å². The molecule has 5 heteroatoms. The molecule has 2 N–H and O–H groups in total. The van der Waals surface area contributed by atoms with Crippen LogP contribution in [0.1, 0.15) is 25.7 Å². The number of carbonyl (C=O) groups is 1. The van der Waals surface area contributed by atoms with E-state index in [2.05, 4.69) is 11.2 Å². The predicted octanol–water partition coefficient (Wildman–Crippen LogP) is 1.01. The minimum absolute atomic E-state index is 0.165. The highest BCUT2D eigenvalue weighted by atomic mass is 32.2. The second-order valence-electron chi connectivity index (χ2n) is 5.83. The van der Waals surface area contributed by atoms with Crippen molar-refractivity contribution in [2.24, 2.45) is 11.7 Å². The van der Waals surface area contributed by atoms with Crippen LogP contribution >= 0.6 is 11.8 Å². The van der Waals surface area contributed by atoms with Crippen LogP contribution in [-0.4, -0.2) is 66.5 Å². The molecule has 2 aliphatic heterocycles. The highest BCUT2D eigenvalue weighted by molar-refractivity contribution is 7.98. The number of thioether (sulfide) groups is 1. The summed E-state index contributed by atoms with van der Waals surface area (Å²) in [4.78, 5) is 16.8. The molecule has 0 aliphatic carbocycles. The van der Waals surface area contributed by atoms with Gasteiger partial charge in [0.25, 0.3) is 0 Å². The smallest absolute Gasteiger partial charge is 0.239 e. The molecule has 1 unspecified atom stereocenters. The third-order valence-corrected chi connectivity index (χ3v) is 4.91. The summed E-state index contributed by atoms with van der Waals surface area (Å²) >= 11 is 1.75. The van der Waals surface area contributed by atoms with Crippen LogP contribution in [0.15, 0.2) is 0 Å². The molecular formula is C14H27N3OS. The van der Waals surface area contributed by atoms with E-state index in [1.165, 1.54) is 32.5 Å². The van der Waals surface area contributed by atoms with E-state index >= 15 is 0 Å². The molecule has 0 aromatic heterocycles. The van der Waals surface area contributed by atoms with E-state index in [-0.39, 0.29) is 11.9 Å². The lowest BCUT2D eigenvalue weighted by Gasteiger charge is -2.22. The minimum atomic E-state index is -0.294. The number of amides is 1. The number of likely N-dealkylation sites (tertiary alicyclic amines) is 2. The zero-order valence-electron chi connectivity index (χ0n) is 12.0. The zero-order chi connectivity index (χ0) is 13.7. The summed E-state index contributed by atoms with van der Waals surface area (Å²) in [6, 6.07) is -0.294. The van der Waals surface area contributed by atoms with Crippen LogP contribution in [0, 0.1) is 5.92 Å². The molecule has 0 radical (unpaired) electrons. The van der Waals surface area contributed by atoms with Crippen LogP contribution < -0.4 is 5.73 Å². The Balaban J connectivity index is 1.72. The van der Waals surface area contributed by atoms with Gasteiger partial charge in [0.15, 0.2) is 0 Å². The van der Waals surface area contributed by atoms with Crippen molar-refractivity contribution in [3.63, 3.8) is 0 Å². The maximum Gasteiger partial charge on any atom is 0.239 e. The molecule has 4 nitrogen and oxygen atoms in total. The molecule has 110 valence electrons. The number of nitrogens with two attached hydrogens (primary N) is 1. The van der Waals surface area contributed by atoms with Gasteiger partial charge in [-0.2, -0.15) is 11.8 Å². The molecule has 1 amide bonds. The normalized spacial score (nSPS) is 26.0. The van der Waals surface area contributed by atoms with Gasteiger partial charge in [-0.25, -0.2) is 0 Å². The number of rotatable bonds is 6. The highest BCUT2D eigenvalue weighted by Crippen LogP contribution is 2.20. The van der Waals surface area contributed by atoms with Crippen LogP contribution in [-0.2, 0) is 4.79 Å². The summed E-state index contributed by atoms with van der Waals surface area (Å²) in [5.41, 5.74) is 5.98. The van der Waals surface area contributed by atoms with E-state index in [1.54, 1.807) is 11.8 Å². The fourth-order valence-electron chi connectivity index (χ4n) is 3.11. The zero-order valence-corrected chi connectivity index (χ0v) is 12.8. The number of carbonyl (C=O) groups excluding carboxylic acids is 1. The molecule has 2 fully saturated rings. The summed E-state index contributed by atoms with van der Waals surface area (Å²) in [6.45, 7) is 5.49. The standard InChI is InChI=1S/C14H27N3OS/c1-19-9-5-13(15)14(18)17-8-4-12(11-17)10-16-6-2-3-7-16/h12-13H,2-11,15H2,1H3/t12?,13-/m0/s1. The van der Waals surface area contributed by atoms with Crippen LogP contribution in [0.25, 0.3) is 0 Å². The van der Waals surface area contributed by atoms with Gasteiger partial charge in [-0.1, -0.05) is 0 Å². The van der Waals surface area contributed by atoms with Gasteiger partial charge in [-0.3, -0.25) is 4.79 Å². The molecule has 0 aromatic carbocycles. The van der Waals surface area contributed by atoms with E-state index < -0.39 is 0 Å². The molecule has 0 bridgehead atoms. The molecule has 0 spiro atoms. The van der Waals surface area contributed by atoms with Gasteiger partial charge >= 0.3 is 0 Å². The average Bonchev–Trinajstić information content (AvgIpc) is 3.07. The molecular weight excluding hydrogens is 258 g/mol. The summed E-state index contributed by atoms with van der Waals surface area (Å²) < 4.78 is 0. The summed E-state index contributed by atoms with van der Waals surface area (Å²) in [5, 5.41) is 0. The molecule has 0 aromatic rings. The molecule has 2 atom stereocenters. The molecule has 0 saturated carbocycles. The van der Waals surface area contributed by atoms with Gasteiger partial charge in [-0.05, 0) is 56.7 Å². The van der Waals surface area contributed by atoms with Crippen LogP contribution in [0.5, 0.6) is 0 Å². The molecule has 19 heavy (non-hydrogen) atoms. The monoisotopic (exact) mass is 285 g/mol. The van der Waals surface area contributed by atoms with Crippen molar-refractivity contribution in [2.75, 3.05) is 44.7 Å². The lowest BCUT2D eigenvalue weighted by molar-refractivity contribution is -0.131. The first-order valence-electron chi connectivity index (χ1n) is 7.46. The first-order valence-corrected chi connectivity index (χ1v) is 8.85. The van der Waals surface area contributed by atoms with Gasteiger partial charge in [0, 0.05) is 19.6 Å². The maximum atomic E-state index is 12.2. The van der Waals surface area contributed by atoms with Crippen molar-refractivity contribution in [1.29, 1.82) is 0 Å². The van der Waals surface area contributed by atoms with Crippen molar-refractivity contribution in [2.45, 2.75) is 31.7 Å². The summed E-state index contributed by atoms with van der Waals surface area (Å²) in [5.74, 6) is 1.80. The van der Waals surface area contributed by atoms with Crippen LogP contribution in [0.2, 0.25) is 0 Å². The van der Waals surface area contributed by atoms with Crippen LogP contribution in [0.3, 0.4) is 0 Å². The Kier molecular flexibility index (Phi) is 5.98. The Bertz CT molecular complexity index is 294. The highest BCUT2D eigenvalue weighted by Gasteiger charge is 2.30. The van der Waals surface area contributed by atoms with E-state index in [0.29, 0.717) is 5.92 Å². The van der Waals surface area contributed by atoms with E-state index in [1.807, 2.05) is 4.90 Å². The molecule has 2 rings (SSSR count). The first-order chi connectivity index (χ1) is 9.20. The predicted molar refractivity (Wildman–Crippen MR) is 81.3 cm³/mol. The van der Waals surface area contributed by atoms with E-state index in [0.717, 1.165) is 31.7 Å². The lowest BCUT2D eigenvalue weighted by atomic mass is 10.1. The Morgan fingerprint density at radius 2 is 2.11 bits per heavy atom. The van der Waals surface area contributed by atoms with Crippen LogP contribution in [0.4, 0.5) is 0 Å². The third kappa shape index (κ3) is 4.36. The largest absolute Gasteiger partial charge is 0.341 e. The van der Waals surface area contributed by atoms with Gasteiger partial charge in [0.1, 0.15) is 0 Å². The topological polar surface area (TPSA) is 49.6 Å². The van der Waals surface area contributed by atoms with Crippen molar-refractivity contribution in [3.05, 3.63) is 0 Å². The first kappa shape index (κ1) is 15.1. The van der Waals surface area contributed by atoms with Crippen molar-refractivity contribution < 1.29 is 4.79 Å². The second kappa shape index (κ2) is 7.50. The number of hydrogen-bond donors (Lipinski definition) is 1. The number of nitrogens with zero attached hydrogens (tertiary/aromatic N) is 2. The maximum absolute atomic E-state index is 12.2.